The third-order valence-electron chi connectivity index (χ3n) is 4.64. The van der Waals surface area contributed by atoms with E-state index in [0.29, 0.717) is 44.1 Å². The van der Waals surface area contributed by atoms with Crippen LogP contribution in [0.5, 0.6) is 11.5 Å². The van der Waals surface area contributed by atoms with Crippen molar-refractivity contribution in [2.75, 3.05) is 7.11 Å². The lowest BCUT2D eigenvalue weighted by Gasteiger charge is -2.33. The maximum Gasteiger partial charge on any atom is 0.356 e. The summed E-state index contributed by atoms with van der Waals surface area (Å²) in [4.78, 5) is 12.0. The number of hydrogen-bond donors (Lipinski definition) is 1. The van der Waals surface area contributed by atoms with E-state index in [1.54, 1.807) is 51.3 Å². The molecule has 0 unspecified atom stereocenters. The van der Waals surface area contributed by atoms with Crippen molar-refractivity contribution in [1.82, 2.24) is 9.78 Å². The first-order valence-electron chi connectivity index (χ1n) is 8.42. The summed E-state index contributed by atoms with van der Waals surface area (Å²) in [5, 5.41) is 15.0. The number of ether oxygens (including phenoxy) is 2. The predicted molar refractivity (Wildman–Crippen MR) is 106 cm³/mol. The van der Waals surface area contributed by atoms with Gasteiger partial charge < -0.3 is 14.6 Å². The van der Waals surface area contributed by atoms with Gasteiger partial charge in [-0.15, -0.1) is 0 Å². The van der Waals surface area contributed by atoms with Crippen molar-refractivity contribution in [3.8, 4) is 28.4 Å². The summed E-state index contributed by atoms with van der Waals surface area (Å²) in [6.45, 7) is 3.60. The van der Waals surface area contributed by atoms with E-state index in [-0.39, 0.29) is 5.69 Å². The monoisotopic (exact) mass is 418 g/mol. The zero-order valence-corrected chi connectivity index (χ0v) is 16.8. The molecule has 0 bridgehead atoms. The highest BCUT2D eigenvalue weighted by molar-refractivity contribution is 6.35. The molecule has 28 heavy (non-hydrogen) atoms. The average molecular weight is 419 g/mol. The summed E-state index contributed by atoms with van der Waals surface area (Å²) in [7, 11) is 1.57. The van der Waals surface area contributed by atoms with Crippen molar-refractivity contribution in [2.45, 2.75) is 19.4 Å². The first-order chi connectivity index (χ1) is 13.2. The summed E-state index contributed by atoms with van der Waals surface area (Å²) in [5.41, 5.74) is 1.28. The molecule has 0 fully saturated rings. The molecule has 8 heteroatoms. The molecular formula is C20H16Cl2N2O4. The molecule has 3 aromatic rings. The standard InChI is InChI=1S/C20H16Cl2N2O4/c1-20(2)16-17(19(25)26)23-24(14-7-4-10(21)8-13(14)22)18(16)12-6-5-11(27-3)9-15(12)28-20/h4-9H,1-3H3,(H,25,26). The minimum absolute atomic E-state index is 0.0903. The topological polar surface area (TPSA) is 73.6 Å². The summed E-state index contributed by atoms with van der Waals surface area (Å²) in [5.74, 6) is 0.0563. The van der Waals surface area contributed by atoms with Crippen LogP contribution in [0.3, 0.4) is 0 Å². The molecule has 1 aliphatic heterocycles. The van der Waals surface area contributed by atoms with Crippen LogP contribution in [0.2, 0.25) is 10.0 Å². The van der Waals surface area contributed by atoms with Gasteiger partial charge in [0.15, 0.2) is 5.69 Å². The van der Waals surface area contributed by atoms with E-state index < -0.39 is 11.6 Å². The number of carboxylic acid groups (broad SMARTS) is 1. The van der Waals surface area contributed by atoms with Gasteiger partial charge >= 0.3 is 5.97 Å². The highest BCUT2D eigenvalue weighted by atomic mass is 35.5. The second-order valence-corrected chi connectivity index (χ2v) is 7.70. The van der Waals surface area contributed by atoms with E-state index in [0.717, 1.165) is 0 Å². The molecule has 6 nitrogen and oxygen atoms in total. The van der Waals surface area contributed by atoms with E-state index in [1.807, 2.05) is 6.07 Å². The Morgan fingerprint density at radius 1 is 1.21 bits per heavy atom. The Morgan fingerprint density at radius 2 is 1.96 bits per heavy atom. The van der Waals surface area contributed by atoms with E-state index in [2.05, 4.69) is 5.10 Å². The van der Waals surface area contributed by atoms with Gasteiger partial charge in [0.1, 0.15) is 17.1 Å². The van der Waals surface area contributed by atoms with Crippen LogP contribution >= 0.6 is 23.2 Å². The minimum Gasteiger partial charge on any atom is -0.497 e. The molecule has 0 atom stereocenters. The predicted octanol–water partition coefficient (Wildman–Crippen LogP) is 5.18. The Hall–Kier alpha value is -2.70. The zero-order chi connectivity index (χ0) is 20.2. The molecule has 2 aromatic carbocycles. The molecule has 4 rings (SSSR count). The van der Waals surface area contributed by atoms with E-state index >= 15 is 0 Å². The van der Waals surface area contributed by atoms with Crippen LogP contribution in [0.1, 0.15) is 29.9 Å². The molecule has 0 radical (unpaired) electrons. The third kappa shape index (κ3) is 2.80. The fraction of sp³-hybridized carbons (Fsp3) is 0.200. The molecule has 0 saturated carbocycles. The lowest BCUT2D eigenvalue weighted by atomic mass is 9.89. The quantitative estimate of drug-likeness (QED) is 0.633. The normalized spacial score (nSPS) is 14.0. The van der Waals surface area contributed by atoms with Gasteiger partial charge in [0, 0.05) is 16.7 Å². The van der Waals surface area contributed by atoms with Crippen LogP contribution < -0.4 is 9.47 Å². The van der Waals surface area contributed by atoms with Gasteiger partial charge in [0.25, 0.3) is 0 Å². The molecular weight excluding hydrogens is 403 g/mol. The number of methoxy groups -OCH3 is 1. The van der Waals surface area contributed by atoms with Gasteiger partial charge in [-0.3, -0.25) is 0 Å². The second-order valence-electron chi connectivity index (χ2n) is 6.86. The Bertz CT molecular complexity index is 1120. The van der Waals surface area contributed by atoms with Crippen molar-refractivity contribution >= 4 is 29.2 Å². The van der Waals surface area contributed by atoms with Crippen LogP contribution in [-0.2, 0) is 5.60 Å². The second kappa shape index (κ2) is 6.43. The van der Waals surface area contributed by atoms with E-state index in [4.69, 9.17) is 32.7 Å². The van der Waals surface area contributed by atoms with Crippen LogP contribution in [-0.4, -0.2) is 28.0 Å². The summed E-state index contributed by atoms with van der Waals surface area (Å²) < 4.78 is 13.0. The highest BCUT2D eigenvalue weighted by Crippen LogP contribution is 2.48. The molecule has 2 heterocycles. The van der Waals surface area contributed by atoms with Gasteiger partial charge in [0.05, 0.1) is 29.1 Å². The molecule has 144 valence electrons. The van der Waals surface area contributed by atoms with Gasteiger partial charge in [-0.2, -0.15) is 5.10 Å². The third-order valence-corrected chi connectivity index (χ3v) is 5.17. The fourth-order valence-electron chi connectivity index (χ4n) is 3.45. The largest absolute Gasteiger partial charge is 0.497 e. The molecule has 0 aliphatic carbocycles. The first-order valence-corrected chi connectivity index (χ1v) is 9.18. The van der Waals surface area contributed by atoms with Crippen LogP contribution in [0, 0.1) is 0 Å². The highest BCUT2D eigenvalue weighted by Gasteiger charge is 2.41. The van der Waals surface area contributed by atoms with Crippen LogP contribution in [0.15, 0.2) is 36.4 Å². The smallest absolute Gasteiger partial charge is 0.356 e. The fourth-order valence-corrected chi connectivity index (χ4v) is 3.94. The number of hydrogen-bond acceptors (Lipinski definition) is 4. The summed E-state index contributed by atoms with van der Waals surface area (Å²) >= 11 is 12.4. The number of benzene rings is 2. The summed E-state index contributed by atoms with van der Waals surface area (Å²) in [6, 6.07) is 10.3. The van der Waals surface area contributed by atoms with Crippen molar-refractivity contribution in [3.05, 3.63) is 57.7 Å². The minimum atomic E-state index is -1.14. The lowest BCUT2D eigenvalue weighted by Crippen LogP contribution is -2.31. The van der Waals surface area contributed by atoms with Gasteiger partial charge in [0.2, 0.25) is 0 Å². The average Bonchev–Trinajstić information content (AvgIpc) is 3.03. The first kappa shape index (κ1) is 18.7. The number of nitrogens with zero attached hydrogens (tertiary/aromatic N) is 2. The Kier molecular flexibility index (Phi) is 4.28. The Labute approximate surface area is 171 Å². The molecule has 0 amide bonds. The molecule has 0 saturated heterocycles. The maximum atomic E-state index is 12.0. The van der Waals surface area contributed by atoms with Crippen molar-refractivity contribution in [1.29, 1.82) is 0 Å². The number of carbonyl (C=O) groups is 1. The van der Waals surface area contributed by atoms with E-state index in [1.165, 1.54) is 4.68 Å². The molecule has 1 aromatic heterocycles. The van der Waals surface area contributed by atoms with Crippen molar-refractivity contribution in [3.63, 3.8) is 0 Å². The number of aromatic carboxylic acids is 1. The van der Waals surface area contributed by atoms with Crippen LogP contribution in [0.25, 0.3) is 16.9 Å². The number of halogens is 2. The molecule has 0 spiro atoms. The van der Waals surface area contributed by atoms with E-state index in [9.17, 15) is 9.90 Å². The van der Waals surface area contributed by atoms with Gasteiger partial charge in [-0.25, -0.2) is 9.48 Å². The van der Waals surface area contributed by atoms with Crippen LogP contribution in [0.4, 0.5) is 0 Å². The number of rotatable bonds is 3. The summed E-state index contributed by atoms with van der Waals surface area (Å²) in [6.07, 6.45) is 0. The molecule has 1 N–H and O–H groups in total. The van der Waals surface area contributed by atoms with Gasteiger partial charge in [-0.05, 0) is 44.2 Å². The Balaban J connectivity index is 2.09. The number of carboxylic acids is 1. The van der Waals surface area contributed by atoms with Crippen molar-refractivity contribution < 1.29 is 19.4 Å². The molecule has 1 aliphatic rings. The lowest BCUT2D eigenvalue weighted by molar-refractivity contribution is 0.0664. The van der Waals surface area contributed by atoms with Gasteiger partial charge in [-0.1, -0.05) is 23.2 Å². The Morgan fingerprint density at radius 3 is 2.61 bits per heavy atom. The maximum absolute atomic E-state index is 12.0. The van der Waals surface area contributed by atoms with Crippen molar-refractivity contribution in [2.24, 2.45) is 0 Å². The SMILES string of the molecule is COc1ccc2c(c1)OC(C)(C)c1c(C(=O)O)nn(-c3ccc(Cl)cc3Cl)c1-2. The number of aromatic nitrogens is 2. The number of fused-ring (bicyclic) bond motifs is 3. The zero-order valence-electron chi connectivity index (χ0n) is 15.3.